The third kappa shape index (κ3) is 1.95. The Kier molecular flexibility index (Phi) is 3.17. The van der Waals surface area contributed by atoms with E-state index in [1.165, 1.54) is 6.42 Å². The molecule has 0 aromatic carbocycles. The summed E-state index contributed by atoms with van der Waals surface area (Å²) in [5, 5.41) is 13.8. The molecule has 0 aromatic heterocycles. The van der Waals surface area contributed by atoms with Gasteiger partial charge < -0.3 is 5.11 Å². The third-order valence-corrected chi connectivity index (χ3v) is 3.37. The lowest BCUT2D eigenvalue weighted by atomic mass is 9.70. The van der Waals surface area contributed by atoms with Crippen molar-refractivity contribution in [1.29, 1.82) is 0 Å². The number of hydrogen-bond acceptors (Lipinski definition) is 2. The molecule has 0 radical (unpaired) electrons. The van der Waals surface area contributed by atoms with E-state index in [0.717, 1.165) is 12.8 Å². The molecular weight excluding hydrogens is 166 g/mol. The molecular formula is C9H17N3O. The van der Waals surface area contributed by atoms with Crippen LogP contribution in [0.1, 0.15) is 33.1 Å². The lowest BCUT2D eigenvalue weighted by Gasteiger charge is -2.42. The van der Waals surface area contributed by atoms with Crippen LogP contribution < -0.4 is 0 Å². The summed E-state index contributed by atoms with van der Waals surface area (Å²) in [6.07, 6.45) is 3.23. The topological polar surface area (TPSA) is 69.0 Å². The monoisotopic (exact) mass is 183 g/mol. The minimum absolute atomic E-state index is 0.214. The van der Waals surface area contributed by atoms with Crippen LogP contribution in [0.2, 0.25) is 0 Å². The highest BCUT2D eigenvalue weighted by Gasteiger charge is 2.40. The summed E-state index contributed by atoms with van der Waals surface area (Å²) in [4.78, 5) is 2.71. The SMILES string of the molecule is CC1CCCC(C)C1(O)CN=[N+]=[N-]. The first kappa shape index (κ1) is 10.4. The van der Waals surface area contributed by atoms with E-state index < -0.39 is 5.60 Å². The van der Waals surface area contributed by atoms with Crippen LogP contribution in [-0.2, 0) is 0 Å². The summed E-state index contributed by atoms with van der Waals surface area (Å²) >= 11 is 0. The van der Waals surface area contributed by atoms with Crippen molar-refractivity contribution in [2.75, 3.05) is 6.54 Å². The summed E-state index contributed by atoms with van der Waals surface area (Å²) in [6.45, 7) is 4.27. The second-order valence-electron chi connectivity index (χ2n) is 4.11. The molecule has 0 amide bonds. The second-order valence-corrected chi connectivity index (χ2v) is 4.11. The fraction of sp³-hybridized carbons (Fsp3) is 1.00. The summed E-state index contributed by atoms with van der Waals surface area (Å²) in [7, 11) is 0. The zero-order valence-electron chi connectivity index (χ0n) is 8.27. The van der Waals surface area contributed by atoms with Gasteiger partial charge >= 0.3 is 0 Å². The maximum Gasteiger partial charge on any atom is 0.0754 e. The van der Waals surface area contributed by atoms with Gasteiger partial charge in [0.1, 0.15) is 0 Å². The first-order valence-corrected chi connectivity index (χ1v) is 4.84. The van der Waals surface area contributed by atoms with Crippen molar-refractivity contribution < 1.29 is 5.11 Å². The van der Waals surface area contributed by atoms with Gasteiger partial charge in [0.05, 0.1) is 12.1 Å². The zero-order chi connectivity index (χ0) is 9.90. The van der Waals surface area contributed by atoms with Crippen LogP contribution in [-0.4, -0.2) is 17.3 Å². The van der Waals surface area contributed by atoms with Crippen molar-refractivity contribution in [2.24, 2.45) is 17.0 Å². The van der Waals surface area contributed by atoms with Crippen molar-refractivity contribution in [1.82, 2.24) is 0 Å². The lowest BCUT2D eigenvalue weighted by molar-refractivity contribution is -0.0739. The molecule has 4 heteroatoms. The average Bonchev–Trinajstić information content (AvgIpc) is 2.11. The second kappa shape index (κ2) is 3.99. The Bertz CT molecular complexity index is 213. The molecule has 0 spiro atoms. The van der Waals surface area contributed by atoms with Gasteiger partial charge in [0, 0.05) is 4.91 Å². The fourth-order valence-corrected chi connectivity index (χ4v) is 2.17. The minimum atomic E-state index is -0.773. The van der Waals surface area contributed by atoms with Crippen molar-refractivity contribution in [3.8, 4) is 0 Å². The van der Waals surface area contributed by atoms with E-state index in [1.807, 2.05) is 13.8 Å². The van der Waals surface area contributed by atoms with Crippen molar-refractivity contribution in [2.45, 2.75) is 38.7 Å². The Balaban J connectivity index is 2.74. The van der Waals surface area contributed by atoms with Crippen LogP contribution in [0.4, 0.5) is 0 Å². The van der Waals surface area contributed by atoms with E-state index >= 15 is 0 Å². The Hall–Kier alpha value is -0.730. The predicted molar refractivity (Wildman–Crippen MR) is 51.1 cm³/mol. The van der Waals surface area contributed by atoms with Crippen LogP contribution >= 0.6 is 0 Å². The van der Waals surface area contributed by atoms with E-state index in [1.54, 1.807) is 0 Å². The molecule has 1 N–H and O–H groups in total. The van der Waals surface area contributed by atoms with E-state index in [9.17, 15) is 5.11 Å². The predicted octanol–water partition coefficient (Wildman–Crippen LogP) is 2.48. The molecule has 0 aromatic rings. The molecule has 74 valence electrons. The summed E-state index contributed by atoms with van der Waals surface area (Å²) in [6, 6.07) is 0. The quantitative estimate of drug-likeness (QED) is 0.399. The zero-order valence-corrected chi connectivity index (χ0v) is 8.27. The van der Waals surface area contributed by atoms with E-state index in [2.05, 4.69) is 10.0 Å². The molecule has 1 aliphatic carbocycles. The number of azide groups is 1. The molecule has 1 fully saturated rings. The van der Waals surface area contributed by atoms with Crippen LogP contribution in [0.15, 0.2) is 5.11 Å². The largest absolute Gasteiger partial charge is 0.389 e. The van der Waals surface area contributed by atoms with Gasteiger partial charge in [-0.3, -0.25) is 0 Å². The maximum atomic E-state index is 10.3. The molecule has 2 unspecified atom stereocenters. The number of hydrogen-bond donors (Lipinski definition) is 1. The van der Waals surface area contributed by atoms with Crippen LogP contribution in [0.3, 0.4) is 0 Å². The maximum absolute atomic E-state index is 10.3. The van der Waals surface area contributed by atoms with Gasteiger partial charge in [-0.25, -0.2) is 0 Å². The Morgan fingerprint density at radius 3 is 2.46 bits per heavy atom. The van der Waals surface area contributed by atoms with Crippen LogP contribution in [0.5, 0.6) is 0 Å². The fourth-order valence-electron chi connectivity index (χ4n) is 2.17. The molecule has 0 aliphatic heterocycles. The molecule has 1 aliphatic rings. The summed E-state index contributed by atoms with van der Waals surface area (Å²) in [5.74, 6) is 0.475. The molecule has 4 nitrogen and oxygen atoms in total. The van der Waals surface area contributed by atoms with Crippen molar-refractivity contribution >= 4 is 0 Å². The number of aliphatic hydroxyl groups is 1. The van der Waals surface area contributed by atoms with Gasteiger partial charge in [-0.05, 0) is 30.2 Å². The highest BCUT2D eigenvalue weighted by Crippen LogP contribution is 2.38. The Labute approximate surface area is 78.6 Å². The van der Waals surface area contributed by atoms with Crippen LogP contribution in [0.25, 0.3) is 10.4 Å². The first-order valence-electron chi connectivity index (χ1n) is 4.84. The average molecular weight is 183 g/mol. The number of rotatable bonds is 2. The first-order chi connectivity index (χ1) is 6.11. The normalized spacial score (nSPS) is 39.6. The smallest absolute Gasteiger partial charge is 0.0754 e. The van der Waals surface area contributed by atoms with Gasteiger partial charge in [0.15, 0.2) is 0 Å². The van der Waals surface area contributed by atoms with Gasteiger partial charge in [0.2, 0.25) is 0 Å². The van der Waals surface area contributed by atoms with Crippen molar-refractivity contribution in [3.05, 3.63) is 10.4 Å². The van der Waals surface area contributed by atoms with Gasteiger partial charge in [-0.1, -0.05) is 25.4 Å². The standard InChI is InChI=1S/C9H17N3O/c1-7-4-3-5-8(2)9(7,13)6-11-12-10/h7-8,13H,3-6H2,1-2H3. The molecule has 2 atom stereocenters. The molecule has 0 saturated heterocycles. The molecule has 13 heavy (non-hydrogen) atoms. The Morgan fingerprint density at radius 1 is 1.46 bits per heavy atom. The molecule has 0 bridgehead atoms. The summed E-state index contributed by atoms with van der Waals surface area (Å²) < 4.78 is 0. The number of nitrogens with zero attached hydrogens (tertiary/aromatic N) is 3. The molecule has 0 heterocycles. The van der Waals surface area contributed by atoms with Gasteiger partial charge in [0.25, 0.3) is 0 Å². The van der Waals surface area contributed by atoms with Crippen molar-refractivity contribution in [3.63, 3.8) is 0 Å². The van der Waals surface area contributed by atoms with E-state index in [0.29, 0.717) is 0 Å². The highest BCUT2D eigenvalue weighted by molar-refractivity contribution is 4.94. The highest BCUT2D eigenvalue weighted by atomic mass is 16.3. The third-order valence-electron chi connectivity index (χ3n) is 3.37. The molecule has 1 saturated carbocycles. The van der Waals surface area contributed by atoms with Crippen LogP contribution in [0, 0.1) is 11.8 Å². The minimum Gasteiger partial charge on any atom is -0.389 e. The van der Waals surface area contributed by atoms with E-state index in [4.69, 9.17) is 5.53 Å². The lowest BCUT2D eigenvalue weighted by Crippen LogP contribution is -2.48. The van der Waals surface area contributed by atoms with Gasteiger partial charge in [-0.2, -0.15) is 0 Å². The molecule has 1 rings (SSSR count). The Morgan fingerprint density at radius 2 is 2.00 bits per heavy atom. The van der Waals surface area contributed by atoms with E-state index in [-0.39, 0.29) is 18.4 Å². The van der Waals surface area contributed by atoms with Gasteiger partial charge in [-0.15, -0.1) is 0 Å². The summed E-state index contributed by atoms with van der Waals surface area (Å²) in [5.41, 5.74) is 7.46.